The Balaban J connectivity index is 1.63. The fraction of sp³-hybridized carbons (Fsp3) is 0.250. The quantitative estimate of drug-likeness (QED) is 0.234. The maximum atomic E-state index is 12.8. The van der Waals surface area contributed by atoms with Crippen molar-refractivity contribution < 1.29 is 19.1 Å². The highest BCUT2D eigenvalue weighted by atomic mass is 35.5. The fourth-order valence-electron chi connectivity index (χ4n) is 3.36. The van der Waals surface area contributed by atoms with Gasteiger partial charge in [-0.05, 0) is 60.4 Å². The summed E-state index contributed by atoms with van der Waals surface area (Å²) in [6.45, 7) is 6.42. The van der Waals surface area contributed by atoms with E-state index in [1.807, 2.05) is 57.2 Å². The molecule has 2 amide bonds. The average molecular weight is 542 g/mol. The number of carbonyl (C=O) groups is 2. The molecule has 0 aromatic heterocycles. The lowest BCUT2D eigenvalue weighted by Gasteiger charge is -2.20. The summed E-state index contributed by atoms with van der Waals surface area (Å²) in [5, 5.41) is 7.39. The monoisotopic (exact) mass is 541 g/mol. The predicted octanol–water partition coefficient (Wildman–Crippen LogP) is 5.88. The molecule has 3 rings (SSSR count). The van der Waals surface area contributed by atoms with Crippen molar-refractivity contribution in [2.24, 2.45) is 11.0 Å². The molecule has 0 bridgehead atoms. The van der Waals surface area contributed by atoms with Gasteiger partial charge in [0.1, 0.15) is 12.6 Å². The molecule has 194 valence electrons. The Labute approximate surface area is 226 Å². The third-order valence-electron chi connectivity index (χ3n) is 5.31. The highest BCUT2D eigenvalue weighted by molar-refractivity contribution is 6.42. The first-order valence-corrected chi connectivity index (χ1v) is 12.6. The molecule has 0 spiro atoms. The van der Waals surface area contributed by atoms with Gasteiger partial charge in [0.15, 0.2) is 11.5 Å². The van der Waals surface area contributed by atoms with Gasteiger partial charge in [-0.3, -0.25) is 9.59 Å². The second kappa shape index (κ2) is 13.7. The van der Waals surface area contributed by atoms with Crippen LogP contribution in [0, 0.1) is 5.92 Å². The summed E-state index contributed by atoms with van der Waals surface area (Å²) in [7, 11) is 0. The second-order valence-electron chi connectivity index (χ2n) is 8.47. The summed E-state index contributed by atoms with van der Waals surface area (Å²) in [5.74, 6) is 0.100. The zero-order chi connectivity index (χ0) is 26.8. The summed E-state index contributed by atoms with van der Waals surface area (Å²) in [6.07, 6.45) is 1.50. The molecule has 3 aromatic rings. The number of benzene rings is 3. The van der Waals surface area contributed by atoms with E-state index in [1.54, 1.807) is 18.2 Å². The molecule has 0 aliphatic rings. The first-order valence-electron chi connectivity index (χ1n) is 11.8. The molecule has 3 aromatic carbocycles. The molecule has 0 saturated carbocycles. The number of hydrogen-bond acceptors (Lipinski definition) is 5. The standard InChI is InChI=1S/C28H29Cl2N3O4/c1-4-36-25-14-20(10-13-24(25)37-17-19-8-6-5-7-9-19)16-31-33-28(35)26(18(2)3)32-27(34)21-11-12-22(29)23(30)15-21/h5-16,18,26H,4,17H2,1-3H3,(H,32,34)(H,33,35)/b31-16-. The van der Waals surface area contributed by atoms with Gasteiger partial charge in [-0.2, -0.15) is 5.10 Å². The molecule has 0 heterocycles. The molecule has 0 radical (unpaired) electrons. The van der Waals surface area contributed by atoms with Crippen LogP contribution in [0.3, 0.4) is 0 Å². The summed E-state index contributed by atoms with van der Waals surface area (Å²) >= 11 is 11.9. The summed E-state index contributed by atoms with van der Waals surface area (Å²) < 4.78 is 11.6. The SMILES string of the molecule is CCOc1cc(/C=N\NC(=O)C(NC(=O)c2ccc(Cl)c(Cl)c2)C(C)C)ccc1OCc1ccccc1. The minimum Gasteiger partial charge on any atom is -0.490 e. The lowest BCUT2D eigenvalue weighted by Crippen LogP contribution is -2.48. The minimum absolute atomic E-state index is 0.187. The van der Waals surface area contributed by atoms with Crippen LogP contribution >= 0.6 is 23.2 Å². The van der Waals surface area contributed by atoms with Crippen molar-refractivity contribution >= 4 is 41.2 Å². The smallest absolute Gasteiger partial charge is 0.262 e. The number of amides is 2. The molecule has 7 nitrogen and oxygen atoms in total. The van der Waals surface area contributed by atoms with E-state index < -0.39 is 17.9 Å². The van der Waals surface area contributed by atoms with Gasteiger partial charge in [0.25, 0.3) is 11.8 Å². The molecule has 1 atom stereocenters. The van der Waals surface area contributed by atoms with E-state index in [-0.39, 0.29) is 10.9 Å². The molecule has 0 aliphatic carbocycles. The molecule has 0 saturated heterocycles. The van der Waals surface area contributed by atoms with E-state index in [0.29, 0.717) is 40.9 Å². The third kappa shape index (κ3) is 8.23. The topological polar surface area (TPSA) is 89.0 Å². The van der Waals surface area contributed by atoms with E-state index >= 15 is 0 Å². The van der Waals surface area contributed by atoms with E-state index in [9.17, 15) is 9.59 Å². The highest BCUT2D eigenvalue weighted by Crippen LogP contribution is 2.29. The summed E-state index contributed by atoms with van der Waals surface area (Å²) in [6, 6.07) is 18.9. The number of hydrogen-bond donors (Lipinski definition) is 2. The molecule has 2 N–H and O–H groups in total. The van der Waals surface area contributed by atoms with Gasteiger partial charge in [-0.15, -0.1) is 0 Å². The molecule has 0 fully saturated rings. The van der Waals surface area contributed by atoms with Crippen LogP contribution in [0.15, 0.2) is 71.8 Å². The molecule has 0 aliphatic heterocycles. The molecule has 9 heteroatoms. The van der Waals surface area contributed by atoms with Crippen molar-refractivity contribution in [2.75, 3.05) is 6.61 Å². The average Bonchev–Trinajstić information content (AvgIpc) is 2.88. The van der Waals surface area contributed by atoms with Gasteiger partial charge in [0.2, 0.25) is 0 Å². The van der Waals surface area contributed by atoms with Gasteiger partial charge in [0.05, 0.1) is 22.9 Å². The largest absolute Gasteiger partial charge is 0.490 e. The fourth-order valence-corrected chi connectivity index (χ4v) is 3.66. The van der Waals surface area contributed by atoms with Crippen LogP contribution < -0.4 is 20.2 Å². The van der Waals surface area contributed by atoms with E-state index in [1.165, 1.54) is 18.3 Å². The Bertz CT molecular complexity index is 1250. The van der Waals surface area contributed by atoms with Gasteiger partial charge >= 0.3 is 0 Å². The zero-order valence-corrected chi connectivity index (χ0v) is 22.3. The van der Waals surface area contributed by atoms with Crippen LogP contribution in [-0.4, -0.2) is 30.7 Å². The Morgan fingerprint density at radius 3 is 2.38 bits per heavy atom. The van der Waals surface area contributed by atoms with Crippen molar-refractivity contribution in [3.63, 3.8) is 0 Å². The number of nitrogens with zero attached hydrogens (tertiary/aromatic N) is 1. The van der Waals surface area contributed by atoms with Gasteiger partial charge in [0, 0.05) is 5.56 Å². The van der Waals surface area contributed by atoms with E-state index in [0.717, 1.165) is 5.56 Å². The Morgan fingerprint density at radius 2 is 1.70 bits per heavy atom. The number of carbonyl (C=O) groups excluding carboxylic acids is 2. The van der Waals surface area contributed by atoms with Gasteiger partial charge in [-0.1, -0.05) is 67.4 Å². The predicted molar refractivity (Wildman–Crippen MR) is 147 cm³/mol. The molecular formula is C28H29Cl2N3O4. The number of ether oxygens (including phenoxy) is 2. The van der Waals surface area contributed by atoms with Crippen LogP contribution in [-0.2, 0) is 11.4 Å². The number of rotatable bonds is 11. The van der Waals surface area contributed by atoms with Crippen LogP contribution in [0.25, 0.3) is 0 Å². The minimum atomic E-state index is -0.813. The van der Waals surface area contributed by atoms with E-state index in [4.69, 9.17) is 32.7 Å². The Hall–Kier alpha value is -3.55. The van der Waals surface area contributed by atoms with Crippen molar-refractivity contribution in [3.8, 4) is 11.5 Å². The van der Waals surface area contributed by atoms with Gasteiger partial charge < -0.3 is 14.8 Å². The number of halogens is 2. The molecule has 1 unspecified atom stereocenters. The van der Waals surface area contributed by atoms with Crippen LogP contribution in [0.4, 0.5) is 0 Å². The van der Waals surface area contributed by atoms with Crippen molar-refractivity contribution in [2.45, 2.75) is 33.4 Å². The number of nitrogens with one attached hydrogen (secondary N) is 2. The Kier molecular flexibility index (Phi) is 10.4. The summed E-state index contributed by atoms with van der Waals surface area (Å²) in [4.78, 5) is 25.4. The molecule has 37 heavy (non-hydrogen) atoms. The maximum absolute atomic E-state index is 12.8. The first-order chi connectivity index (χ1) is 17.8. The van der Waals surface area contributed by atoms with E-state index in [2.05, 4.69) is 15.8 Å². The van der Waals surface area contributed by atoms with Crippen LogP contribution in [0.5, 0.6) is 11.5 Å². The normalized spacial score (nSPS) is 11.8. The lowest BCUT2D eigenvalue weighted by molar-refractivity contribution is -0.123. The highest BCUT2D eigenvalue weighted by Gasteiger charge is 2.24. The molecular weight excluding hydrogens is 513 g/mol. The lowest BCUT2D eigenvalue weighted by atomic mass is 10.0. The zero-order valence-electron chi connectivity index (χ0n) is 20.8. The first kappa shape index (κ1) is 28.0. The van der Waals surface area contributed by atoms with Crippen LogP contribution in [0.1, 0.15) is 42.3 Å². The maximum Gasteiger partial charge on any atom is 0.262 e. The van der Waals surface area contributed by atoms with Crippen molar-refractivity contribution in [1.29, 1.82) is 0 Å². The second-order valence-corrected chi connectivity index (χ2v) is 9.29. The van der Waals surface area contributed by atoms with Crippen molar-refractivity contribution in [1.82, 2.24) is 10.7 Å². The van der Waals surface area contributed by atoms with Crippen LogP contribution in [0.2, 0.25) is 10.0 Å². The van der Waals surface area contributed by atoms with Crippen molar-refractivity contribution in [3.05, 3.63) is 93.5 Å². The van der Waals surface area contributed by atoms with Gasteiger partial charge in [-0.25, -0.2) is 5.43 Å². The third-order valence-corrected chi connectivity index (χ3v) is 6.05. The number of hydrazone groups is 1. The Morgan fingerprint density at radius 1 is 0.946 bits per heavy atom. The summed E-state index contributed by atoms with van der Waals surface area (Å²) in [5.41, 5.74) is 4.55.